The monoisotopic (exact) mass is 410 g/mol. The number of thioether (sulfide) groups is 1. The van der Waals surface area contributed by atoms with Crippen molar-refractivity contribution in [2.24, 2.45) is 0 Å². The molecule has 0 saturated carbocycles. The van der Waals surface area contributed by atoms with Gasteiger partial charge in [-0.3, -0.25) is 9.59 Å². The van der Waals surface area contributed by atoms with Gasteiger partial charge in [-0.1, -0.05) is 17.7 Å². The van der Waals surface area contributed by atoms with Gasteiger partial charge in [-0.25, -0.2) is 4.39 Å². The summed E-state index contributed by atoms with van der Waals surface area (Å²) in [4.78, 5) is 25.4. The van der Waals surface area contributed by atoms with E-state index in [1.165, 1.54) is 36.0 Å². The van der Waals surface area contributed by atoms with Crippen LogP contribution in [0.4, 0.5) is 10.1 Å². The van der Waals surface area contributed by atoms with Crippen LogP contribution in [0.15, 0.2) is 48.5 Å². The average molecular weight is 411 g/mol. The molecular weight excluding hydrogens is 391 g/mol. The molecule has 0 fully saturated rings. The van der Waals surface area contributed by atoms with Crippen molar-refractivity contribution in [2.75, 3.05) is 37.0 Å². The fourth-order valence-electron chi connectivity index (χ4n) is 2.05. The first kappa shape index (κ1) is 21.1. The summed E-state index contributed by atoms with van der Waals surface area (Å²) in [6.45, 7) is 0.770. The SMILES string of the molecule is CN(CCOc1cccc(Cl)c1)C(=O)CSCC(=O)Nc1ccc(F)cc1. The molecule has 2 amide bonds. The standard InChI is InChI=1S/C19H20ClFN2O3S/c1-23(9-10-26-17-4-2-3-14(20)11-17)19(25)13-27-12-18(24)22-16-7-5-15(21)6-8-16/h2-8,11H,9-10,12-13H2,1H3,(H,22,24). The maximum atomic E-state index is 12.8. The fourth-order valence-corrected chi connectivity index (χ4v) is 2.99. The lowest BCUT2D eigenvalue weighted by atomic mass is 10.3. The second kappa shape index (κ2) is 10.8. The Balaban J connectivity index is 1.62. The Labute approximate surface area is 166 Å². The van der Waals surface area contributed by atoms with Crippen molar-refractivity contribution in [1.29, 1.82) is 0 Å². The number of nitrogens with one attached hydrogen (secondary N) is 1. The van der Waals surface area contributed by atoms with Crippen LogP contribution in [0.3, 0.4) is 0 Å². The van der Waals surface area contributed by atoms with Crippen molar-refractivity contribution < 1.29 is 18.7 Å². The zero-order chi connectivity index (χ0) is 19.6. The molecule has 144 valence electrons. The molecule has 0 aromatic heterocycles. The molecule has 8 heteroatoms. The molecule has 0 atom stereocenters. The summed E-state index contributed by atoms with van der Waals surface area (Å²) in [5.41, 5.74) is 0.517. The van der Waals surface area contributed by atoms with Crippen LogP contribution in [0, 0.1) is 5.82 Å². The molecule has 0 heterocycles. The van der Waals surface area contributed by atoms with Crippen LogP contribution in [0.25, 0.3) is 0 Å². The van der Waals surface area contributed by atoms with E-state index in [1.54, 1.807) is 36.2 Å². The Kier molecular flexibility index (Phi) is 8.42. The summed E-state index contributed by atoms with van der Waals surface area (Å²) in [5, 5.41) is 3.24. The third-order valence-electron chi connectivity index (χ3n) is 3.50. The number of nitrogens with zero attached hydrogens (tertiary/aromatic N) is 1. The van der Waals surface area contributed by atoms with Crippen LogP contribution in [0.2, 0.25) is 5.02 Å². The van der Waals surface area contributed by atoms with Gasteiger partial charge in [0.2, 0.25) is 11.8 Å². The number of anilines is 1. The van der Waals surface area contributed by atoms with E-state index >= 15 is 0 Å². The van der Waals surface area contributed by atoms with Crippen molar-refractivity contribution in [3.05, 3.63) is 59.4 Å². The predicted octanol–water partition coefficient (Wildman–Crippen LogP) is 3.69. The minimum absolute atomic E-state index is 0.0933. The van der Waals surface area contributed by atoms with Crippen LogP contribution < -0.4 is 10.1 Å². The first-order valence-corrected chi connectivity index (χ1v) is 9.73. The highest BCUT2D eigenvalue weighted by Crippen LogP contribution is 2.17. The van der Waals surface area contributed by atoms with Gasteiger partial charge in [-0.2, -0.15) is 0 Å². The van der Waals surface area contributed by atoms with E-state index in [0.717, 1.165) is 0 Å². The van der Waals surface area contributed by atoms with Gasteiger partial charge in [0.1, 0.15) is 18.2 Å². The first-order valence-electron chi connectivity index (χ1n) is 8.19. The van der Waals surface area contributed by atoms with Crippen molar-refractivity contribution in [3.8, 4) is 5.75 Å². The molecule has 2 aromatic rings. The lowest BCUT2D eigenvalue weighted by Crippen LogP contribution is -2.32. The quantitative estimate of drug-likeness (QED) is 0.685. The van der Waals surface area contributed by atoms with Gasteiger partial charge in [-0.05, 0) is 42.5 Å². The van der Waals surface area contributed by atoms with Gasteiger partial charge >= 0.3 is 0 Å². The zero-order valence-corrected chi connectivity index (χ0v) is 16.4. The van der Waals surface area contributed by atoms with Crippen LogP contribution in [0.5, 0.6) is 5.75 Å². The summed E-state index contributed by atoms with van der Waals surface area (Å²) in [6.07, 6.45) is 0. The fraction of sp³-hybridized carbons (Fsp3) is 0.263. The van der Waals surface area contributed by atoms with Gasteiger partial charge in [0.25, 0.3) is 0 Å². The molecule has 1 N–H and O–H groups in total. The van der Waals surface area contributed by atoms with E-state index in [2.05, 4.69) is 5.32 Å². The van der Waals surface area contributed by atoms with Crippen LogP contribution >= 0.6 is 23.4 Å². The van der Waals surface area contributed by atoms with E-state index in [-0.39, 0.29) is 29.1 Å². The second-order valence-corrected chi connectivity index (χ2v) is 7.09. The Morgan fingerprint density at radius 3 is 2.63 bits per heavy atom. The Morgan fingerprint density at radius 2 is 1.93 bits per heavy atom. The molecular formula is C19H20ClFN2O3S. The zero-order valence-electron chi connectivity index (χ0n) is 14.8. The third-order valence-corrected chi connectivity index (χ3v) is 4.66. The van der Waals surface area contributed by atoms with E-state index in [0.29, 0.717) is 29.6 Å². The van der Waals surface area contributed by atoms with E-state index in [1.807, 2.05) is 0 Å². The molecule has 2 aromatic carbocycles. The van der Waals surface area contributed by atoms with Crippen LogP contribution in [0.1, 0.15) is 0 Å². The predicted molar refractivity (Wildman–Crippen MR) is 107 cm³/mol. The number of benzene rings is 2. The molecule has 5 nitrogen and oxygen atoms in total. The van der Waals surface area contributed by atoms with Crippen molar-refractivity contribution in [1.82, 2.24) is 4.90 Å². The number of ether oxygens (including phenoxy) is 1. The van der Waals surface area contributed by atoms with Gasteiger partial charge in [0, 0.05) is 17.8 Å². The van der Waals surface area contributed by atoms with Gasteiger partial charge in [-0.15, -0.1) is 11.8 Å². The van der Waals surface area contributed by atoms with E-state index < -0.39 is 0 Å². The average Bonchev–Trinajstić information content (AvgIpc) is 2.63. The second-order valence-electron chi connectivity index (χ2n) is 5.67. The molecule has 0 aliphatic carbocycles. The number of rotatable bonds is 9. The number of hydrogen-bond acceptors (Lipinski definition) is 4. The number of carbonyl (C=O) groups is 2. The molecule has 27 heavy (non-hydrogen) atoms. The summed E-state index contributed by atoms with van der Waals surface area (Å²) in [7, 11) is 1.68. The van der Waals surface area contributed by atoms with E-state index in [9.17, 15) is 14.0 Å². The molecule has 0 spiro atoms. The topological polar surface area (TPSA) is 58.6 Å². The van der Waals surface area contributed by atoms with Gasteiger partial charge in [0.15, 0.2) is 0 Å². The van der Waals surface area contributed by atoms with E-state index in [4.69, 9.17) is 16.3 Å². The molecule has 0 aliphatic rings. The third kappa shape index (κ3) is 7.88. The maximum Gasteiger partial charge on any atom is 0.234 e. The highest BCUT2D eigenvalue weighted by molar-refractivity contribution is 8.00. The smallest absolute Gasteiger partial charge is 0.234 e. The van der Waals surface area contributed by atoms with Crippen molar-refractivity contribution in [3.63, 3.8) is 0 Å². The highest BCUT2D eigenvalue weighted by Gasteiger charge is 2.11. The number of likely N-dealkylation sites (N-methyl/N-ethyl adjacent to an activating group) is 1. The highest BCUT2D eigenvalue weighted by atomic mass is 35.5. The minimum Gasteiger partial charge on any atom is -0.492 e. The van der Waals surface area contributed by atoms with Gasteiger partial charge < -0.3 is 15.0 Å². The Hall–Kier alpha value is -2.25. The number of halogens is 2. The van der Waals surface area contributed by atoms with Crippen LogP contribution in [-0.2, 0) is 9.59 Å². The molecule has 2 rings (SSSR count). The number of hydrogen-bond donors (Lipinski definition) is 1. The number of amides is 2. The molecule has 0 radical (unpaired) electrons. The summed E-state index contributed by atoms with van der Waals surface area (Å²) in [5.74, 6) is 0.265. The largest absolute Gasteiger partial charge is 0.492 e. The Bertz CT molecular complexity index is 774. The molecule has 0 aliphatic heterocycles. The number of carbonyl (C=O) groups excluding carboxylic acids is 2. The van der Waals surface area contributed by atoms with Crippen molar-refractivity contribution >= 4 is 40.9 Å². The Morgan fingerprint density at radius 1 is 1.19 bits per heavy atom. The summed E-state index contributed by atoms with van der Waals surface area (Å²) in [6, 6.07) is 12.6. The lowest BCUT2D eigenvalue weighted by molar-refractivity contribution is -0.127. The molecule has 0 unspecified atom stereocenters. The first-order chi connectivity index (χ1) is 12.9. The van der Waals surface area contributed by atoms with Gasteiger partial charge in [0.05, 0.1) is 18.1 Å². The minimum atomic E-state index is -0.365. The van der Waals surface area contributed by atoms with Crippen molar-refractivity contribution in [2.45, 2.75) is 0 Å². The van der Waals surface area contributed by atoms with Crippen LogP contribution in [-0.4, -0.2) is 48.4 Å². The maximum absolute atomic E-state index is 12.8. The molecule has 0 bridgehead atoms. The summed E-state index contributed by atoms with van der Waals surface area (Å²) < 4.78 is 18.4. The summed E-state index contributed by atoms with van der Waals surface area (Å²) >= 11 is 7.10. The lowest BCUT2D eigenvalue weighted by Gasteiger charge is -2.17. The molecule has 0 saturated heterocycles. The normalized spacial score (nSPS) is 10.3.